The van der Waals surface area contributed by atoms with Crippen molar-refractivity contribution in [2.24, 2.45) is 5.92 Å². The Hall–Kier alpha value is -3.70. The lowest BCUT2D eigenvalue weighted by Crippen LogP contribution is -2.49. The van der Waals surface area contributed by atoms with Gasteiger partial charge in [0.2, 0.25) is 5.91 Å². The molecule has 1 unspecified atom stereocenters. The second kappa shape index (κ2) is 12.6. The van der Waals surface area contributed by atoms with Crippen LogP contribution in [0, 0.1) is 5.92 Å². The minimum atomic E-state index is -5.06. The van der Waals surface area contributed by atoms with Gasteiger partial charge in [-0.3, -0.25) is 13.3 Å². The molecule has 242 valence electrons. The summed E-state index contributed by atoms with van der Waals surface area (Å²) < 4.78 is 76.2. The number of nitrogen functional groups attached to an aromatic ring is 1. The zero-order valence-corrected chi connectivity index (χ0v) is 25.5. The Kier molecular flexibility index (Phi) is 8.76. The lowest BCUT2D eigenvalue weighted by molar-refractivity contribution is -0.274. The zero-order chi connectivity index (χ0) is 31.9. The summed E-state index contributed by atoms with van der Waals surface area (Å²) in [5, 5.41) is 1.57. The molecule has 2 N–H and O–H groups in total. The third-order valence-electron chi connectivity index (χ3n) is 8.15. The van der Waals surface area contributed by atoms with Gasteiger partial charge in [0.15, 0.2) is 5.13 Å². The van der Waals surface area contributed by atoms with Gasteiger partial charge in [0, 0.05) is 48.9 Å². The molecule has 3 atom stereocenters. The number of nitrogens with zero attached hydrogens (tertiary/aromatic N) is 5. The van der Waals surface area contributed by atoms with Gasteiger partial charge < -0.3 is 29.6 Å². The molecule has 6 rings (SSSR count). The summed E-state index contributed by atoms with van der Waals surface area (Å²) in [4.78, 5) is 38.9. The van der Waals surface area contributed by atoms with E-state index in [1.165, 1.54) is 23.4 Å². The van der Waals surface area contributed by atoms with Crippen LogP contribution >= 0.6 is 11.3 Å². The van der Waals surface area contributed by atoms with E-state index in [9.17, 15) is 31.5 Å². The van der Waals surface area contributed by atoms with E-state index in [4.69, 9.17) is 10.5 Å². The summed E-state index contributed by atoms with van der Waals surface area (Å²) in [5.41, 5.74) is 5.88. The molecule has 0 radical (unpaired) electrons. The van der Waals surface area contributed by atoms with Crippen molar-refractivity contribution in [2.75, 3.05) is 41.2 Å². The number of carbonyl (C=O) groups is 2. The first-order valence-electron chi connectivity index (χ1n) is 14.5. The van der Waals surface area contributed by atoms with Crippen molar-refractivity contribution in [1.82, 2.24) is 14.9 Å². The van der Waals surface area contributed by atoms with Crippen LogP contribution in [0.15, 0.2) is 30.6 Å². The molecule has 1 aromatic carbocycles. The average Bonchev–Trinajstić information content (AvgIpc) is 3.31. The monoisotopic (exact) mass is 667 g/mol. The van der Waals surface area contributed by atoms with Crippen LogP contribution < -0.4 is 19.7 Å². The van der Waals surface area contributed by atoms with E-state index in [2.05, 4.69) is 14.7 Å². The highest BCUT2D eigenvalue weighted by atomic mass is 32.2. The third kappa shape index (κ3) is 6.94. The maximum absolute atomic E-state index is 13.9. The summed E-state index contributed by atoms with van der Waals surface area (Å²) in [6.07, 6.45) is 1.16. The Balaban J connectivity index is 1.31. The van der Waals surface area contributed by atoms with Gasteiger partial charge >= 0.3 is 12.3 Å². The van der Waals surface area contributed by atoms with E-state index in [0.717, 1.165) is 60.5 Å². The number of aromatic nitrogens is 2. The Labute approximate surface area is 262 Å². The van der Waals surface area contributed by atoms with Gasteiger partial charge in [-0.2, -0.15) is 0 Å². The smallest absolute Gasteiger partial charge is 0.573 e. The molecule has 4 heterocycles. The molecule has 45 heavy (non-hydrogen) atoms. The molecule has 3 fully saturated rings. The Morgan fingerprint density at radius 1 is 1.20 bits per heavy atom. The van der Waals surface area contributed by atoms with Crippen LogP contribution in [0.25, 0.3) is 10.8 Å². The number of hydrogen-bond donors (Lipinski definition) is 1. The fraction of sp³-hybridized carbons (Fsp3) is 0.500. The Morgan fingerprint density at radius 2 is 1.96 bits per heavy atom. The van der Waals surface area contributed by atoms with Gasteiger partial charge in [0.05, 0.1) is 12.8 Å². The highest BCUT2D eigenvalue weighted by Crippen LogP contribution is 2.38. The largest absolute Gasteiger partial charge is 0.755 e. The molecule has 1 amide bonds. The number of pyridine rings is 1. The number of anilines is 3. The van der Waals surface area contributed by atoms with Crippen LogP contribution in [0.4, 0.5) is 29.1 Å². The predicted octanol–water partition coefficient (Wildman–Crippen LogP) is 3.54. The number of halogens is 3. The maximum atomic E-state index is 13.9. The first-order chi connectivity index (χ1) is 21.5. The number of amides is 1. The fourth-order valence-electron chi connectivity index (χ4n) is 5.72. The average molecular weight is 668 g/mol. The van der Waals surface area contributed by atoms with Gasteiger partial charge in [-0.25, -0.2) is 14.8 Å². The number of ether oxygens (including phenoxy) is 2. The molecular weight excluding hydrogens is 637 g/mol. The van der Waals surface area contributed by atoms with Crippen molar-refractivity contribution in [2.45, 2.75) is 57.0 Å². The van der Waals surface area contributed by atoms with Gasteiger partial charge in [-0.05, 0) is 67.2 Å². The standard InChI is InChI=1S/C28H31F3N6O6S2/c29-28(30,31)43-22-13-19-17(5-7-33-24(19)32)11-18(22)12-21(26(39)42-15-16-3-4-16)36-10-6-20(25(36)38)37(45(40)41)23-14-34-27(44-23)35-8-1-2-9-35/h5,7,11,13-14,16,20-21H,1-4,6,8-10,12,15H2,(H2,32,33)(H,40,41)/p-1/t20-,21+/m0/s1. The quantitative estimate of drug-likeness (QED) is 0.237. The van der Waals surface area contributed by atoms with Crippen molar-refractivity contribution >= 4 is 61.2 Å². The predicted molar refractivity (Wildman–Crippen MR) is 159 cm³/mol. The number of rotatable bonds is 11. The number of alkyl halides is 3. The fourth-order valence-corrected chi connectivity index (χ4v) is 7.54. The van der Waals surface area contributed by atoms with Crippen molar-refractivity contribution in [3.8, 4) is 5.75 Å². The first kappa shape index (κ1) is 31.3. The number of hydrogen-bond acceptors (Lipinski definition) is 11. The molecule has 0 bridgehead atoms. The summed E-state index contributed by atoms with van der Waals surface area (Å²) >= 11 is -1.71. The molecular formula is C28H30F3N6O6S2-. The minimum Gasteiger partial charge on any atom is -0.755 e. The second-order valence-corrected chi connectivity index (χ2v) is 13.1. The van der Waals surface area contributed by atoms with Crippen molar-refractivity contribution in [1.29, 1.82) is 0 Å². The molecule has 2 aromatic heterocycles. The van der Waals surface area contributed by atoms with E-state index < -0.39 is 47.3 Å². The van der Waals surface area contributed by atoms with Crippen LogP contribution in [-0.2, 0) is 32.0 Å². The normalized spacial score (nSPS) is 20.1. The summed E-state index contributed by atoms with van der Waals surface area (Å²) in [6.45, 7) is 1.68. The van der Waals surface area contributed by atoms with E-state index >= 15 is 0 Å². The van der Waals surface area contributed by atoms with E-state index in [-0.39, 0.29) is 53.7 Å². The third-order valence-corrected chi connectivity index (χ3v) is 10.1. The topological polar surface area (TPSA) is 154 Å². The molecule has 17 heteroatoms. The molecule has 2 aliphatic heterocycles. The Bertz CT molecular complexity index is 1610. The lowest BCUT2D eigenvalue weighted by Gasteiger charge is -2.31. The number of nitrogens with two attached hydrogens (primary N) is 1. The lowest BCUT2D eigenvalue weighted by atomic mass is 10.00. The van der Waals surface area contributed by atoms with Crippen molar-refractivity contribution in [3.05, 3.63) is 36.2 Å². The molecule has 1 saturated carbocycles. The van der Waals surface area contributed by atoms with E-state index in [1.54, 1.807) is 6.07 Å². The van der Waals surface area contributed by atoms with Crippen LogP contribution in [0.5, 0.6) is 5.75 Å². The second-order valence-electron chi connectivity index (χ2n) is 11.3. The first-order valence-corrected chi connectivity index (χ1v) is 16.3. The summed E-state index contributed by atoms with van der Waals surface area (Å²) in [5.74, 6) is -1.89. The van der Waals surface area contributed by atoms with Gasteiger partial charge in [0.25, 0.3) is 0 Å². The Morgan fingerprint density at radius 3 is 2.64 bits per heavy atom. The number of likely N-dealkylation sites (tertiary alicyclic amines) is 1. The number of thiazole rings is 1. The molecule has 2 saturated heterocycles. The summed E-state index contributed by atoms with van der Waals surface area (Å²) in [7, 11) is 0. The molecule has 3 aliphatic rings. The number of carbonyl (C=O) groups excluding carboxylic acids is 2. The molecule has 3 aromatic rings. The SMILES string of the molecule is Nc1nccc2cc(C[C@H](C(=O)OCC3CC3)N3CC[C@H](N(c4cnc(N5CCCC5)s4)S(=O)[O-])C3=O)c(OC(F)(F)F)cc12. The van der Waals surface area contributed by atoms with Crippen molar-refractivity contribution in [3.63, 3.8) is 0 Å². The number of benzene rings is 1. The maximum Gasteiger partial charge on any atom is 0.573 e. The van der Waals surface area contributed by atoms with Crippen molar-refractivity contribution < 1.29 is 41.0 Å². The number of fused-ring (bicyclic) bond motifs is 1. The van der Waals surface area contributed by atoms with Gasteiger partial charge in [-0.1, -0.05) is 11.3 Å². The van der Waals surface area contributed by atoms with Crippen LogP contribution in [0.3, 0.4) is 0 Å². The summed E-state index contributed by atoms with van der Waals surface area (Å²) in [6, 6.07) is 1.53. The van der Waals surface area contributed by atoms with E-state index in [1.807, 2.05) is 4.90 Å². The zero-order valence-electron chi connectivity index (χ0n) is 23.9. The molecule has 0 spiro atoms. The highest BCUT2D eigenvalue weighted by Gasteiger charge is 2.44. The van der Waals surface area contributed by atoms with Gasteiger partial charge in [0.1, 0.15) is 28.7 Å². The number of esters is 1. The minimum absolute atomic E-state index is 0.00862. The molecule has 1 aliphatic carbocycles. The molecule has 12 nitrogen and oxygen atoms in total. The van der Waals surface area contributed by atoms with Gasteiger partial charge in [-0.15, -0.1) is 13.2 Å². The van der Waals surface area contributed by atoms with Crippen LogP contribution in [0.2, 0.25) is 0 Å². The van der Waals surface area contributed by atoms with Crippen LogP contribution in [-0.4, -0.2) is 80.2 Å². The van der Waals surface area contributed by atoms with E-state index in [0.29, 0.717) is 10.5 Å². The van der Waals surface area contributed by atoms with Crippen LogP contribution in [0.1, 0.15) is 37.7 Å². The highest BCUT2D eigenvalue weighted by molar-refractivity contribution is 7.81.